The first kappa shape index (κ1) is 14.8. The van der Waals surface area contributed by atoms with Crippen LogP contribution in [0.15, 0.2) is 20.8 Å². The zero-order valence-electron chi connectivity index (χ0n) is 9.67. The number of rotatable bonds is 4. The van der Waals surface area contributed by atoms with Gasteiger partial charge in [0.2, 0.25) is 11.8 Å². The Balaban J connectivity index is 3.08. The molecule has 0 aromatic rings. The Morgan fingerprint density at radius 2 is 1.35 bits per heavy atom. The van der Waals surface area contributed by atoms with Gasteiger partial charge in [-0.05, 0) is 21.3 Å². The second kappa shape index (κ2) is 6.63. The lowest BCUT2D eigenvalue weighted by atomic mass is 10.0. The number of azide groups is 2. The van der Waals surface area contributed by atoms with Gasteiger partial charge in [-0.3, -0.25) is 9.59 Å². The minimum absolute atomic E-state index is 0.437. The summed E-state index contributed by atoms with van der Waals surface area (Å²) in [7, 11) is 0. The highest BCUT2D eigenvalue weighted by Crippen LogP contribution is 2.23. The molecule has 2 amide bonds. The number of amides is 2. The fourth-order valence-corrected chi connectivity index (χ4v) is 1.64. The maximum Gasteiger partial charge on any atom is 0.243 e. The molecule has 0 aromatic carbocycles. The van der Waals surface area contributed by atoms with Crippen molar-refractivity contribution < 1.29 is 9.59 Å². The first-order valence-electron chi connectivity index (χ1n) is 4.96. The molecule has 104 valence electrons. The summed E-state index contributed by atoms with van der Waals surface area (Å²) < 4.78 is 0. The minimum atomic E-state index is -1.34. The number of carbonyl (C=O) groups is 2. The van der Waals surface area contributed by atoms with Crippen molar-refractivity contribution >= 4 is 11.8 Å². The van der Waals surface area contributed by atoms with Gasteiger partial charge in [0.1, 0.15) is 18.8 Å². The molecule has 2 atom stereocenters. The van der Waals surface area contributed by atoms with E-state index in [1.54, 1.807) is 0 Å². The van der Waals surface area contributed by atoms with Crippen molar-refractivity contribution in [3.63, 3.8) is 0 Å². The van der Waals surface area contributed by atoms with Crippen LogP contribution in [0.4, 0.5) is 0 Å². The van der Waals surface area contributed by atoms with Crippen molar-refractivity contribution in [2.45, 2.75) is 18.5 Å². The molecule has 1 saturated heterocycles. The van der Waals surface area contributed by atoms with Crippen LogP contribution < -0.4 is 0 Å². The van der Waals surface area contributed by atoms with Crippen LogP contribution in [0.2, 0.25) is 0 Å². The molecule has 1 heterocycles. The fourth-order valence-electron chi connectivity index (χ4n) is 1.64. The largest absolute Gasteiger partial charge is 0.290 e. The quantitative estimate of drug-likeness (QED) is 0.314. The topological polar surface area (TPSA) is 197 Å². The Bertz CT molecular complexity index is 488. The average Bonchev–Trinajstić information content (AvgIpc) is 2.46. The van der Waals surface area contributed by atoms with E-state index < -0.39 is 37.0 Å². The molecule has 1 fully saturated rings. The second-order valence-electron chi connectivity index (χ2n) is 3.51. The van der Waals surface area contributed by atoms with E-state index in [-0.39, 0.29) is 0 Å². The molecule has 0 bridgehead atoms. The standard InChI is InChI=1S/C6H6N10O4/c7-11-9-5(17)3-1-4(6(18)10-12-8)16(14-20)2-15(3)13-19/h3-4H,1-2H2/t3-,4+. The summed E-state index contributed by atoms with van der Waals surface area (Å²) in [4.78, 5) is 48.7. The highest BCUT2D eigenvalue weighted by atomic mass is 16.3. The van der Waals surface area contributed by atoms with Crippen LogP contribution >= 0.6 is 0 Å². The second-order valence-corrected chi connectivity index (χ2v) is 3.51. The summed E-state index contributed by atoms with van der Waals surface area (Å²) in [6, 6.07) is -2.69. The van der Waals surface area contributed by atoms with Crippen molar-refractivity contribution in [1.29, 1.82) is 0 Å². The van der Waals surface area contributed by atoms with Crippen LogP contribution in [-0.4, -0.2) is 40.6 Å². The van der Waals surface area contributed by atoms with Crippen molar-refractivity contribution in [3.8, 4) is 0 Å². The summed E-state index contributed by atoms with van der Waals surface area (Å²) in [5, 5.41) is 11.8. The van der Waals surface area contributed by atoms with Gasteiger partial charge in [0, 0.05) is 16.2 Å². The van der Waals surface area contributed by atoms with Crippen LogP contribution in [-0.2, 0) is 9.59 Å². The maximum absolute atomic E-state index is 11.5. The Labute approximate surface area is 109 Å². The number of nitroso groups, excluding NO2 is 2. The molecule has 0 saturated carbocycles. The average molecular weight is 282 g/mol. The highest BCUT2D eigenvalue weighted by molar-refractivity contribution is 5.86. The predicted molar refractivity (Wildman–Crippen MR) is 60.6 cm³/mol. The van der Waals surface area contributed by atoms with Crippen molar-refractivity contribution in [3.05, 3.63) is 30.7 Å². The Hall–Kier alpha value is -3.24. The SMILES string of the molecule is [N-]=[N+]=NC(=O)[C@H]1C[C@@H](C(=O)N=[N+]=[N-])N(N=O)CN1N=O. The van der Waals surface area contributed by atoms with Gasteiger partial charge in [0.25, 0.3) is 0 Å². The summed E-state index contributed by atoms with van der Waals surface area (Å²) in [6.45, 7) is -0.582. The molecule has 0 aromatic heterocycles. The van der Waals surface area contributed by atoms with Crippen LogP contribution in [0.3, 0.4) is 0 Å². The monoisotopic (exact) mass is 282 g/mol. The molecule has 14 heteroatoms. The van der Waals surface area contributed by atoms with E-state index in [1.165, 1.54) is 0 Å². The minimum Gasteiger partial charge on any atom is -0.290 e. The van der Waals surface area contributed by atoms with Gasteiger partial charge >= 0.3 is 0 Å². The van der Waals surface area contributed by atoms with Crippen molar-refractivity contribution in [2.24, 2.45) is 20.8 Å². The molecular weight excluding hydrogens is 276 g/mol. The third kappa shape index (κ3) is 2.95. The molecule has 20 heavy (non-hydrogen) atoms. The highest BCUT2D eigenvalue weighted by Gasteiger charge is 2.41. The molecule has 0 radical (unpaired) electrons. The molecule has 0 N–H and O–H groups in total. The molecule has 0 aliphatic carbocycles. The number of hydrogen-bond acceptors (Lipinski definition) is 6. The lowest BCUT2D eigenvalue weighted by Crippen LogP contribution is -2.55. The molecule has 1 aliphatic heterocycles. The molecular formula is C6H6N10O4. The Morgan fingerprint density at radius 3 is 1.65 bits per heavy atom. The lowest BCUT2D eigenvalue weighted by molar-refractivity contribution is -0.135. The normalized spacial score (nSPS) is 21.2. The third-order valence-electron chi connectivity index (χ3n) is 2.52. The molecule has 1 rings (SSSR count). The van der Waals surface area contributed by atoms with E-state index in [0.717, 1.165) is 0 Å². The van der Waals surface area contributed by atoms with E-state index in [1.807, 2.05) is 0 Å². The predicted octanol–water partition coefficient (Wildman–Crippen LogP) is 0.725. The van der Waals surface area contributed by atoms with Gasteiger partial charge in [0.05, 0.1) is 10.6 Å². The number of hydrogen-bond donors (Lipinski definition) is 0. The van der Waals surface area contributed by atoms with Crippen molar-refractivity contribution in [1.82, 2.24) is 10.0 Å². The molecule has 0 spiro atoms. The van der Waals surface area contributed by atoms with Gasteiger partial charge in [0.15, 0.2) is 0 Å². The Kier molecular flexibility index (Phi) is 4.91. The van der Waals surface area contributed by atoms with Gasteiger partial charge in [-0.1, -0.05) is 0 Å². The molecule has 0 unspecified atom stereocenters. The summed E-state index contributed by atoms with van der Waals surface area (Å²) in [5.41, 5.74) is 16.4. The smallest absolute Gasteiger partial charge is 0.243 e. The van der Waals surface area contributed by atoms with Crippen LogP contribution in [0.25, 0.3) is 20.9 Å². The van der Waals surface area contributed by atoms with Crippen LogP contribution in [0.1, 0.15) is 6.42 Å². The van der Waals surface area contributed by atoms with Crippen molar-refractivity contribution in [2.75, 3.05) is 6.67 Å². The van der Waals surface area contributed by atoms with E-state index in [2.05, 4.69) is 30.6 Å². The van der Waals surface area contributed by atoms with E-state index in [4.69, 9.17) is 11.1 Å². The van der Waals surface area contributed by atoms with Crippen LogP contribution in [0, 0.1) is 9.81 Å². The van der Waals surface area contributed by atoms with E-state index >= 15 is 0 Å². The first-order chi connectivity index (χ1) is 9.58. The first-order valence-corrected chi connectivity index (χ1v) is 4.96. The van der Waals surface area contributed by atoms with Crippen LogP contribution in [0.5, 0.6) is 0 Å². The number of nitrogens with zero attached hydrogens (tertiary/aromatic N) is 10. The third-order valence-corrected chi connectivity index (χ3v) is 2.52. The molecule has 1 aliphatic rings. The van der Waals surface area contributed by atoms with E-state index in [0.29, 0.717) is 10.0 Å². The summed E-state index contributed by atoms with van der Waals surface area (Å²) in [5.74, 6) is -2.12. The number of carbonyl (C=O) groups excluding carboxylic acids is 2. The summed E-state index contributed by atoms with van der Waals surface area (Å²) in [6.07, 6.45) is -0.437. The maximum atomic E-state index is 11.5. The fraction of sp³-hybridized carbons (Fsp3) is 0.667. The zero-order valence-corrected chi connectivity index (χ0v) is 9.67. The lowest BCUT2D eigenvalue weighted by Gasteiger charge is -2.37. The zero-order chi connectivity index (χ0) is 15.1. The van der Waals surface area contributed by atoms with Gasteiger partial charge in [-0.2, -0.15) is 0 Å². The van der Waals surface area contributed by atoms with E-state index in [9.17, 15) is 19.4 Å². The van der Waals surface area contributed by atoms with Gasteiger partial charge < -0.3 is 0 Å². The summed E-state index contributed by atoms with van der Waals surface area (Å²) >= 11 is 0. The van der Waals surface area contributed by atoms with Gasteiger partial charge in [-0.15, -0.1) is 9.81 Å². The Morgan fingerprint density at radius 1 is 0.950 bits per heavy atom. The molecule has 14 nitrogen and oxygen atoms in total. The van der Waals surface area contributed by atoms with Gasteiger partial charge in [-0.25, -0.2) is 10.0 Å².